The molecule has 0 saturated carbocycles. The van der Waals surface area contributed by atoms with E-state index in [-0.39, 0.29) is 0 Å². The van der Waals surface area contributed by atoms with Gasteiger partial charge in [-0.05, 0) is 46.3 Å². The first kappa shape index (κ1) is 14.2. The highest BCUT2D eigenvalue weighted by atomic mass is 79.9. The van der Waals surface area contributed by atoms with E-state index in [1.807, 2.05) is 12.3 Å². The maximum Gasteiger partial charge on any atom is 0.146 e. The summed E-state index contributed by atoms with van der Waals surface area (Å²) in [6, 6.07) is 4.07. The highest BCUT2D eigenvalue weighted by molar-refractivity contribution is 9.10. The Hall–Kier alpha value is -1.75. The van der Waals surface area contributed by atoms with Crippen molar-refractivity contribution in [2.75, 3.05) is 11.4 Å². The van der Waals surface area contributed by atoms with Gasteiger partial charge in [0.1, 0.15) is 12.1 Å². The monoisotopic (exact) mass is 344 g/mol. The Morgan fingerprint density at radius 3 is 2.95 bits per heavy atom. The van der Waals surface area contributed by atoms with E-state index in [0.717, 1.165) is 23.4 Å². The van der Waals surface area contributed by atoms with Gasteiger partial charge >= 0.3 is 0 Å². The highest BCUT2D eigenvalue weighted by Gasteiger charge is 2.18. The van der Waals surface area contributed by atoms with Gasteiger partial charge in [0.05, 0.1) is 4.47 Å². The molecule has 0 aliphatic heterocycles. The number of pyridine rings is 1. The summed E-state index contributed by atoms with van der Waals surface area (Å²) in [6.45, 7) is 1.76. The molecular weight excluding hydrogens is 328 g/mol. The average molecular weight is 345 g/mol. The van der Waals surface area contributed by atoms with E-state index < -0.39 is 0 Å². The van der Waals surface area contributed by atoms with Crippen LogP contribution in [0, 0.1) is 5.92 Å². The SMILES string of the molecule is Brc1cncnc1N(Cc1cccnc1)CC1C=CCC1. The number of hydrogen-bond donors (Lipinski definition) is 0. The van der Waals surface area contributed by atoms with Crippen molar-refractivity contribution in [3.63, 3.8) is 0 Å². The molecule has 2 aromatic heterocycles. The summed E-state index contributed by atoms with van der Waals surface area (Å²) in [5.41, 5.74) is 1.19. The van der Waals surface area contributed by atoms with Crippen molar-refractivity contribution in [1.29, 1.82) is 0 Å². The molecule has 1 atom stereocenters. The molecule has 4 nitrogen and oxygen atoms in total. The molecule has 0 radical (unpaired) electrons. The molecular formula is C16H17BrN4. The van der Waals surface area contributed by atoms with Crippen LogP contribution in [0.2, 0.25) is 0 Å². The van der Waals surface area contributed by atoms with Crippen molar-refractivity contribution in [3.05, 3.63) is 59.2 Å². The van der Waals surface area contributed by atoms with Gasteiger partial charge in [-0.15, -0.1) is 0 Å². The van der Waals surface area contributed by atoms with Crippen LogP contribution >= 0.6 is 15.9 Å². The van der Waals surface area contributed by atoms with Crippen LogP contribution in [0.25, 0.3) is 0 Å². The number of halogens is 1. The van der Waals surface area contributed by atoms with E-state index in [1.54, 1.807) is 18.7 Å². The third-order valence-corrected chi connectivity index (χ3v) is 4.17. The smallest absolute Gasteiger partial charge is 0.146 e. The van der Waals surface area contributed by atoms with Gasteiger partial charge in [0.25, 0.3) is 0 Å². The Morgan fingerprint density at radius 1 is 1.29 bits per heavy atom. The van der Waals surface area contributed by atoms with Gasteiger partial charge in [-0.2, -0.15) is 0 Å². The molecule has 2 aromatic rings. The van der Waals surface area contributed by atoms with Crippen LogP contribution < -0.4 is 4.90 Å². The fourth-order valence-corrected chi connectivity index (χ4v) is 3.08. The van der Waals surface area contributed by atoms with Crippen molar-refractivity contribution < 1.29 is 0 Å². The Bertz CT molecular complexity index is 615. The molecule has 0 fully saturated rings. The number of rotatable bonds is 5. The summed E-state index contributed by atoms with van der Waals surface area (Å²) in [4.78, 5) is 15.0. The van der Waals surface area contributed by atoms with Crippen molar-refractivity contribution in [2.24, 2.45) is 5.92 Å². The lowest BCUT2D eigenvalue weighted by Crippen LogP contribution is -2.29. The minimum Gasteiger partial charge on any atom is -0.351 e. The molecule has 108 valence electrons. The summed E-state index contributed by atoms with van der Waals surface area (Å²) in [6.07, 6.45) is 14.1. The molecule has 1 aliphatic carbocycles. The van der Waals surface area contributed by atoms with Gasteiger partial charge in [0.2, 0.25) is 0 Å². The van der Waals surface area contributed by atoms with Gasteiger partial charge in [0, 0.05) is 31.7 Å². The molecule has 21 heavy (non-hydrogen) atoms. The topological polar surface area (TPSA) is 41.9 Å². The maximum atomic E-state index is 4.44. The zero-order valence-electron chi connectivity index (χ0n) is 11.7. The van der Waals surface area contributed by atoms with E-state index in [9.17, 15) is 0 Å². The first-order valence-electron chi connectivity index (χ1n) is 7.09. The molecule has 1 unspecified atom stereocenters. The molecule has 0 bridgehead atoms. The average Bonchev–Trinajstić information content (AvgIpc) is 3.01. The van der Waals surface area contributed by atoms with E-state index in [4.69, 9.17) is 0 Å². The van der Waals surface area contributed by atoms with E-state index in [2.05, 4.69) is 54.0 Å². The lowest BCUT2D eigenvalue weighted by molar-refractivity contribution is 0.594. The zero-order chi connectivity index (χ0) is 14.5. The van der Waals surface area contributed by atoms with E-state index >= 15 is 0 Å². The van der Waals surface area contributed by atoms with Gasteiger partial charge in [-0.3, -0.25) is 4.98 Å². The van der Waals surface area contributed by atoms with Crippen molar-refractivity contribution >= 4 is 21.7 Å². The Morgan fingerprint density at radius 2 is 2.24 bits per heavy atom. The van der Waals surface area contributed by atoms with Crippen LogP contribution in [0.1, 0.15) is 18.4 Å². The summed E-state index contributed by atoms with van der Waals surface area (Å²) >= 11 is 3.56. The van der Waals surface area contributed by atoms with Crippen LogP contribution in [0.4, 0.5) is 5.82 Å². The summed E-state index contributed by atoms with van der Waals surface area (Å²) in [5, 5.41) is 0. The molecule has 0 spiro atoms. The lowest BCUT2D eigenvalue weighted by Gasteiger charge is -2.27. The van der Waals surface area contributed by atoms with Crippen LogP contribution in [-0.2, 0) is 6.54 Å². The van der Waals surface area contributed by atoms with E-state index in [1.165, 1.54) is 18.4 Å². The molecule has 0 aromatic carbocycles. The number of nitrogens with zero attached hydrogens (tertiary/aromatic N) is 4. The maximum absolute atomic E-state index is 4.44. The van der Waals surface area contributed by atoms with Gasteiger partial charge in [-0.1, -0.05) is 18.2 Å². The summed E-state index contributed by atoms with van der Waals surface area (Å²) in [7, 11) is 0. The second kappa shape index (κ2) is 6.80. The second-order valence-electron chi connectivity index (χ2n) is 5.20. The molecule has 0 amide bonds. The summed E-state index contributed by atoms with van der Waals surface area (Å²) in [5.74, 6) is 1.53. The van der Waals surface area contributed by atoms with Crippen LogP contribution in [0.3, 0.4) is 0 Å². The zero-order valence-corrected chi connectivity index (χ0v) is 13.3. The van der Waals surface area contributed by atoms with Crippen molar-refractivity contribution in [3.8, 4) is 0 Å². The third-order valence-electron chi connectivity index (χ3n) is 3.61. The van der Waals surface area contributed by atoms with Crippen LogP contribution in [0.15, 0.2) is 53.7 Å². The first-order valence-corrected chi connectivity index (χ1v) is 7.88. The third kappa shape index (κ3) is 3.67. The molecule has 0 N–H and O–H groups in total. The summed E-state index contributed by atoms with van der Waals surface area (Å²) < 4.78 is 0.927. The molecule has 1 aliphatic rings. The standard InChI is InChI=1S/C16H17BrN4/c17-15-9-19-12-20-16(15)21(10-13-4-1-2-5-13)11-14-6-3-7-18-8-14/h1,3-4,6-9,12-13H,2,5,10-11H2. The van der Waals surface area contributed by atoms with Gasteiger partial charge in [0.15, 0.2) is 0 Å². The van der Waals surface area contributed by atoms with Crippen LogP contribution in [0.5, 0.6) is 0 Å². The fourth-order valence-electron chi connectivity index (χ4n) is 2.61. The number of allylic oxidation sites excluding steroid dienone is 1. The minimum absolute atomic E-state index is 0.587. The van der Waals surface area contributed by atoms with Crippen molar-refractivity contribution in [2.45, 2.75) is 19.4 Å². The quantitative estimate of drug-likeness (QED) is 0.777. The predicted octanol–water partition coefficient (Wildman–Crippen LogP) is 3.61. The molecule has 0 saturated heterocycles. The van der Waals surface area contributed by atoms with Gasteiger partial charge < -0.3 is 4.90 Å². The fraction of sp³-hybridized carbons (Fsp3) is 0.312. The molecule has 3 rings (SSSR count). The van der Waals surface area contributed by atoms with Gasteiger partial charge in [-0.25, -0.2) is 9.97 Å². The normalized spacial score (nSPS) is 17.1. The number of hydrogen-bond acceptors (Lipinski definition) is 4. The Kier molecular flexibility index (Phi) is 4.60. The number of aromatic nitrogens is 3. The largest absolute Gasteiger partial charge is 0.351 e. The molecule has 2 heterocycles. The van der Waals surface area contributed by atoms with Crippen molar-refractivity contribution in [1.82, 2.24) is 15.0 Å². The lowest BCUT2D eigenvalue weighted by atomic mass is 10.1. The second-order valence-corrected chi connectivity index (χ2v) is 6.06. The molecule has 5 heteroatoms. The minimum atomic E-state index is 0.587. The van der Waals surface area contributed by atoms with E-state index in [0.29, 0.717) is 5.92 Å². The Labute approximate surface area is 133 Å². The Balaban J connectivity index is 1.83. The number of anilines is 1. The first-order chi connectivity index (χ1) is 10.3. The van der Waals surface area contributed by atoms with Crippen LogP contribution in [-0.4, -0.2) is 21.5 Å². The highest BCUT2D eigenvalue weighted by Crippen LogP contribution is 2.27. The predicted molar refractivity (Wildman–Crippen MR) is 86.9 cm³/mol.